The van der Waals surface area contributed by atoms with Crippen molar-refractivity contribution < 1.29 is 22.7 Å². The van der Waals surface area contributed by atoms with Gasteiger partial charge < -0.3 is 4.74 Å². The number of ether oxygens (including phenoxy) is 1. The van der Waals surface area contributed by atoms with Gasteiger partial charge in [-0.2, -0.15) is 0 Å². The minimum Gasteiger partial charge on any atom is -0.444 e. The Hall–Kier alpha value is -1.11. The quantitative estimate of drug-likeness (QED) is 0.624. The molecule has 0 aromatic heterocycles. The van der Waals surface area contributed by atoms with E-state index < -0.39 is 33.1 Å². The molecule has 1 aliphatic rings. The molecule has 0 N–H and O–H groups in total. The standard InChI is InChI=1S/C10H17NO5S/c1-10(2,3)16-9(13)11-4-5-17(14,15)7-8(12)6-11/h4-7H2,1-3H3. The van der Waals surface area contributed by atoms with Gasteiger partial charge in [0.25, 0.3) is 0 Å². The molecular formula is C10H17NO5S. The van der Waals surface area contributed by atoms with E-state index in [9.17, 15) is 18.0 Å². The molecule has 1 saturated heterocycles. The average molecular weight is 263 g/mol. The minimum absolute atomic E-state index is 0.00296. The van der Waals surface area contributed by atoms with Crippen LogP contribution in [-0.2, 0) is 19.4 Å². The second-order valence-electron chi connectivity index (χ2n) is 5.03. The lowest BCUT2D eigenvalue weighted by Crippen LogP contribution is -2.40. The smallest absolute Gasteiger partial charge is 0.410 e. The van der Waals surface area contributed by atoms with Gasteiger partial charge in [-0.1, -0.05) is 0 Å². The summed E-state index contributed by atoms with van der Waals surface area (Å²) >= 11 is 0. The Balaban J connectivity index is 2.73. The molecule has 0 aliphatic carbocycles. The zero-order chi connectivity index (χ0) is 13.3. The molecule has 1 rings (SSSR count). The van der Waals surface area contributed by atoms with Crippen LogP contribution in [0.1, 0.15) is 20.8 Å². The van der Waals surface area contributed by atoms with Crippen LogP contribution < -0.4 is 0 Å². The molecule has 1 aliphatic heterocycles. The highest BCUT2D eigenvalue weighted by Crippen LogP contribution is 2.11. The summed E-state index contributed by atoms with van der Waals surface area (Å²) in [4.78, 5) is 24.2. The van der Waals surface area contributed by atoms with E-state index in [0.717, 1.165) is 4.90 Å². The van der Waals surface area contributed by atoms with Crippen LogP contribution in [0, 0.1) is 0 Å². The summed E-state index contributed by atoms with van der Waals surface area (Å²) in [5.41, 5.74) is -0.661. The average Bonchev–Trinajstić information content (AvgIpc) is 2.20. The summed E-state index contributed by atoms with van der Waals surface area (Å²) < 4.78 is 27.8. The first-order valence-corrected chi connectivity index (χ1v) is 7.11. The van der Waals surface area contributed by atoms with Crippen LogP contribution in [0.5, 0.6) is 0 Å². The van der Waals surface area contributed by atoms with Gasteiger partial charge >= 0.3 is 6.09 Å². The molecule has 1 amide bonds. The maximum Gasteiger partial charge on any atom is 0.410 e. The van der Waals surface area contributed by atoms with Gasteiger partial charge in [-0.3, -0.25) is 9.69 Å². The fourth-order valence-electron chi connectivity index (χ4n) is 1.39. The van der Waals surface area contributed by atoms with E-state index in [-0.39, 0.29) is 18.8 Å². The second-order valence-corrected chi connectivity index (χ2v) is 7.22. The van der Waals surface area contributed by atoms with Gasteiger partial charge in [-0.15, -0.1) is 0 Å². The van der Waals surface area contributed by atoms with Crippen molar-refractivity contribution in [2.24, 2.45) is 0 Å². The van der Waals surface area contributed by atoms with Crippen LogP contribution in [0.3, 0.4) is 0 Å². The minimum atomic E-state index is -3.38. The lowest BCUT2D eigenvalue weighted by molar-refractivity contribution is -0.117. The van der Waals surface area contributed by atoms with Crippen molar-refractivity contribution in [2.75, 3.05) is 24.6 Å². The van der Waals surface area contributed by atoms with E-state index in [1.165, 1.54) is 0 Å². The highest BCUT2D eigenvalue weighted by atomic mass is 32.2. The molecule has 1 fully saturated rings. The molecule has 0 saturated carbocycles. The Morgan fingerprint density at radius 3 is 2.47 bits per heavy atom. The van der Waals surface area contributed by atoms with Crippen molar-refractivity contribution in [3.8, 4) is 0 Å². The Morgan fingerprint density at radius 1 is 1.35 bits per heavy atom. The summed E-state index contributed by atoms with van der Waals surface area (Å²) in [7, 11) is -3.38. The lowest BCUT2D eigenvalue weighted by atomic mass is 10.2. The fourth-order valence-corrected chi connectivity index (χ4v) is 2.61. The van der Waals surface area contributed by atoms with Gasteiger partial charge in [0.1, 0.15) is 11.4 Å². The van der Waals surface area contributed by atoms with Crippen LogP contribution in [0.15, 0.2) is 0 Å². The van der Waals surface area contributed by atoms with Crippen molar-refractivity contribution in [3.05, 3.63) is 0 Å². The number of amides is 1. The van der Waals surface area contributed by atoms with Gasteiger partial charge in [0.15, 0.2) is 15.6 Å². The van der Waals surface area contributed by atoms with Crippen molar-refractivity contribution in [1.29, 1.82) is 0 Å². The zero-order valence-corrected chi connectivity index (χ0v) is 11.0. The number of carbonyl (C=O) groups excluding carboxylic acids is 2. The molecule has 0 radical (unpaired) electrons. The van der Waals surface area contributed by atoms with E-state index >= 15 is 0 Å². The number of carbonyl (C=O) groups is 2. The molecule has 7 heteroatoms. The Morgan fingerprint density at radius 2 is 1.94 bits per heavy atom. The van der Waals surface area contributed by atoms with Gasteiger partial charge in [-0.05, 0) is 20.8 Å². The number of ketones is 1. The van der Waals surface area contributed by atoms with E-state index in [4.69, 9.17) is 4.74 Å². The van der Waals surface area contributed by atoms with Gasteiger partial charge in [-0.25, -0.2) is 13.2 Å². The van der Waals surface area contributed by atoms with E-state index in [2.05, 4.69) is 0 Å². The third kappa shape index (κ3) is 4.72. The molecule has 6 nitrogen and oxygen atoms in total. The SMILES string of the molecule is CC(C)(C)OC(=O)N1CCS(=O)(=O)CC(=O)C1. The highest BCUT2D eigenvalue weighted by molar-refractivity contribution is 7.92. The zero-order valence-electron chi connectivity index (χ0n) is 10.2. The first-order chi connectivity index (χ1) is 7.59. The summed E-state index contributed by atoms with van der Waals surface area (Å²) in [5.74, 6) is -1.17. The number of sulfone groups is 1. The first kappa shape index (κ1) is 14.0. The molecule has 0 bridgehead atoms. The maximum atomic E-state index is 11.7. The van der Waals surface area contributed by atoms with Crippen LogP contribution in [-0.4, -0.2) is 55.4 Å². The van der Waals surface area contributed by atoms with Crippen LogP contribution in [0.2, 0.25) is 0 Å². The number of Topliss-reactive ketones (excluding diaryl/α,β-unsaturated/α-hetero) is 1. The molecule has 0 unspecified atom stereocenters. The van der Waals surface area contributed by atoms with E-state index in [0.29, 0.717) is 0 Å². The Labute approximate surface area is 101 Å². The number of hydrogen-bond donors (Lipinski definition) is 0. The summed E-state index contributed by atoms with van der Waals surface area (Å²) in [6.07, 6.45) is -0.650. The fraction of sp³-hybridized carbons (Fsp3) is 0.800. The largest absolute Gasteiger partial charge is 0.444 e. The third-order valence-corrected chi connectivity index (χ3v) is 3.64. The van der Waals surface area contributed by atoms with Crippen LogP contribution in [0.25, 0.3) is 0 Å². The van der Waals surface area contributed by atoms with Gasteiger partial charge in [0.05, 0.1) is 12.3 Å². The number of hydrogen-bond acceptors (Lipinski definition) is 5. The molecular weight excluding hydrogens is 246 g/mol. The maximum absolute atomic E-state index is 11.7. The molecule has 0 spiro atoms. The molecule has 17 heavy (non-hydrogen) atoms. The predicted molar refractivity (Wildman–Crippen MR) is 61.5 cm³/mol. The molecule has 1 heterocycles. The van der Waals surface area contributed by atoms with Crippen molar-refractivity contribution >= 4 is 21.7 Å². The van der Waals surface area contributed by atoms with Crippen molar-refractivity contribution in [2.45, 2.75) is 26.4 Å². The van der Waals surface area contributed by atoms with Crippen LogP contribution in [0.4, 0.5) is 4.79 Å². The molecule has 0 aromatic carbocycles. The second kappa shape index (κ2) is 4.64. The summed E-state index contributed by atoms with van der Waals surface area (Å²) in [5, 5.41) is 0. The van der Waals surface area contributed by atoms with Crippen LogP contribution >= 0.6 is 0 Å². The predicted octanol–water partition coefficient (Wildman–Crippen LogP) is 0.221. The van der Waals surface area contributed by atoms with Crippen molar-refractivity contribution in [3.63, 3.8) is 0 Å². The molecule has 0 atom stereocenters. The van der Waals surface area contributed by atoms with Gasteiger partial charge in [0, 0.05) is 6.54 Å². The Bertz CT molecular complexity index is 420. The topological polar surface area (TPSA) is 80.8 Å². The first-order valence-electron chi connectivity index (χ1n) is 5.29. The van der Waals surface area contributed by atoms with E-state index in [1.807, 2.05) is 0 Å². The lowest BCUT2D eigenvalue weighted by Gasteiger charge is -2.25. The van der Waals surface area contributed by atoms with Crippen molar-refractivity contribution in [1.82, 2.24) is 4.90 Å². The van der Waals surface area contributed by atoms with Gasteiger partial charge in [0.2, 0.25) is 0 Å². The molecule has 0 aromatic rings. The highest BCUT2D eigenvalue weighted by Gasteiger charge is 2.30. The normalized spacial score (nSPS) is 20.9. The number of rotatable bonds is 0. The summed E-state index contributed by atoms with van der Waals surface area (Å²) in [6.45, 7) is 4.93. The van der Waals surface area contributed by atoms with E-state index in [1.54, 1.807) is 20.8 Å². The summed E-state index contributed by atoms with van der Waals surface area (Å²) in [6, 6.07) is 0. The molecule has 98 valence electrons. The Kier molecular flexibility index (Phi) is 3.81. The number of nitrogens with zero attached hydrogens (tertiary/aromatic N) is 1. The third-order valence-electron chi connectivity index (χ3n) is 2.07. The monoisotopic (exact) mass is 263 g/mol.